The summed E-state index contributed by atoms with van der Waals surface area (Å²) in [5.74, 6) is 0. The summed E-state index contributed by atoms with van der Waals surface area (Å²) in [6.07, 6.45) is 3.41. The molecule has 0 spiro atoms. The van der Waals surface area contributed by atoms with Crippen molar-refractivity contribution in [3.05, 3.63) is 34.0 Å². The van der Waals surface area contributed by atoms with Crippen LogP contribution in [-0.4, -0.2) is 11.5 Å². The van der Waals surface area contributed by atoms with Gasteiger partial charge in [-0.3, -0.25) is 4.98 Å². The van der Waals surface area contributed by atoms with Crippen LogP contribution in [0.3, 0.4) is 0 Å². The van der Waals surface area contributed by atoms with Gasteiger partial charge in [0.25, 0.3) is 0 Å². The van der Waals surface area contributed by atoms with Gasteiger partial charge < -0.3 is 5.32 Å². The van der Waals surface area contributed by atoms with Gasteiger partial charge in [0, 0.05) is 23.3 Å². The van der Waals surface area contributed by atoms with Gasteiger partial charge in [-0.25, -0.2) is 0 Å². The number of pyridine rings is 1. The number of nitrogens with zero attached hydrogens (tertiary/aromatic N) is 1. The molecule has 2 nitrogen and oxygen atoms in total. The Morgan fingerprint density at radius 1 is 1.33 bits per heavy atom. The number of hydrogen-bond acceptors (Lipinski definition) is 2. The highest BCUT2D eigenvalue weighted by atomic mass is 35.5. The van der Waals surface area contributed by atoms with Crippen molar-refractivity contribution in [3.63, 3.8) is 0 Å². The molecule has 1 aliphatic rings. The van der Waals surface area contributed by atoms with Gasteiger partial charge in [0.1, 0.15) is 0 Å². The van der Waals surface area contributed by atoms with Crippen molar-refractivity contribution in [2.75, 3.05) is 11.9 Å². The summed E-state index contributed by atoms with van der Waals surface area (Å²) in [4.78, 5) is 4.77. The summed E-state index contributed by atoms with van der Waals surface area (Å²) < 4.78 is 0. The van der Waals surface area contributed by atoms with E-state index in [0.29, 0.717) is 0 Å². The van der Waals surface area contributed by atoms with Crippen molar-refractivity contribution in [2.45, 2.75) is 33.1 Å². The lowest BCUT2D eigenvalue weighted by molar-refractivity contribution is 0.901. The van der Waals surface area contributed by atoms with Crippen molar-refractivity contribution < 1.29 is 0 Å². The normalized spacial score (nSPS) is 13.9. The van der Waals surface area contributed by atoms with Crippen LogP contribution in [0, 0.1) is 6.92 Å². The first-order valence-electron chi connectivity index (χ1n) is 6.56. The van der Waals surface area contributed by atoms with Gasteiger partial charge in [-0.2, -0.15) is 0 Å². The Bertz CT molecular complexity index is 620. The third kappa shape index (κ3) is 1.76. The van der Waals surface area contributed by atoms with Crippen molar-refractivity contribution in [1.82, 2.24) is 4.98 Å². The summed E-state index contributed by atoms with van der Waals surface area (Å²) in [5, 5.41) is 5.44. The maximum atomic E-state index is 6.35. The second-order valence-electron chi connectivity index (χ2n) is 4.94. The molecule has 1 aliphatic carbocycles. The molecule has 1 aromatic heterocycles. The molecule has 1 aromatic carbocycles. The van der Waals surface area contributed by atoms with Crippen LogP contribution in [0.5, 0.6) is 0 Å². The summed E-state index contributed by atoms with van der Waals surface area (Å²) in [6.45, 7) is 5.14. The fraction of sp³-hybridized carbons (Fsp3) is 0.400. The number of benzene rings is 1. The van der Waals surface area contributed by atoms with Crippen LogP contribution in [0.1, 0.15) is 30.2 Å². The van der Waals surface area contributed by atoms with Gasteiger partial charge in [0.2, 0.25) is 0 Å². The largest absolute Gasteiger partial charge is 0.384 e. The summed E-state index contributed by atoms with van der Waals surface area (Å²) >= 11 is 6.35. The average molecular weight is 261 g/mol. The van der Waals surface area contributed by atoms with Crippen molar-refractivity contribution in [1.29, 1.82) is 0 Å². The highest BCUT2D eigenvalue weighted by Crippen LogP contribution is 2.37. The van der Waals surface area contributed by atoms with E-state index in [-0.39, 0.29) is 0 Å². The Morgan fingerprint density at radius 2 is 2.17 bits per heavy atom. The zero-order chi connectivity index (χ0) is 12.7. The van der Waals surface area contributed by atoms with Gasteiger partial charge >= 0.3 is 0 Å². The Morgan fingerprint density at radius 3 is 2.94 bits per heavy atom. The SMILES string of the molecule is CCNc1c2c(nc3c(Cl)cc(C)cc13)CCC2. The molecule has 2 aromatic rings. The third-order valence-electron chi connectivity index (χ3n) is 3.57. The first kappa shape index (κ1) is 11.8. The van der Waals surface area contributed by atoms with E-state index in [4.69, 9.17) is 16.6 Å². The quantitative estimate of drug-likeness (QED) is 0.879. The molecule has 0 amide bonds. The summed E-state index contributed by atoms with van der Waals surface area (Å²) in [6, 6.07) is 4.18. The molecule has 0 unspecified atom stereocenters. The number of nitrogens with one attached hydrogen (secondary N) is 1. The second kappa shape index (κ2) is 4.43. The third-order valence-corrected chi connectivity index (χ3v) is 3.86. The first-order chi connectivity index (χ1) is 8.70. The zero-order valence-electron chi connectivity index (χ0n) is 10.8. The van der Waals surface area contributed by atoms with Gasteiger partial charge in [-0.05, 0) is 56.4 Å². The van der Waals surface area contributed by atoms with E-state index < -0.39 is 0 Å². The molecule has 94 valence electrons. The van der Waals surface area contributed by atoms with Crippen LogP contribution in [-0.2, 0) is 12.8 Å². The monoisotopic (exact) mass is 260 g/mol. The van der Waals surface area contributed by atoms with Crippen LogP contribution in [0.25, 0.3) is 10.9 Å². The second-order valence-corrected chi connectivity index (χ2v) is 5.35. The van der Waals surface area contributed by atoms with Crippen LogP contribution in [0.4, 0.5) is 5.69 Å². The van der Waals surface area contributed by atoms with E-state index in [2.05, 4.69) is 25.2 Å². The van der Waals surface area contributed by atoms with Crippen molar-refractivity contribution >= 4 is 28.2 Å². The molecule has 0 radical (unpaired) electrons. The molecule has 0 saturated heterocycles. The lowest BCUT2D eigenvalue weighted by atomic mass is 10.0. The maximum absolute atomic E-state index is 6.35. The topological polar surface area (TPSA) is 24.9 Å². The number of hydrogen-bond donors (Lipinski definition) is 1. The van der Waals surface area contributed by atoms with E-state index in [1.165, 1.54) is 34.3 Å². The Kier molecular flexibility index (Phi) is 2.90. The van der Waals surface area contributed by atoms with Crippen LogP contribution >= 0.6 is 11.6 Å². The Hall–Kier alpha value is -1.28. The predicted octanol–water partition coefficient (Wildman–Crippen LogP) is 4.12. The highest BCUT2D eigenvalue weighted by Gasteiger charge is 2.20. The zero-order valence-corrected chi connectivity index (χ0v) is 11.6. The van der Waals surface area contributed by atoms with E-state index in [9.17, 15) is 0 Å². The minimum Gasteiger partial charge on any atom is -0.384 e. The number of halogens is 1. The lowest BCUT2D eigenvalue weighted by Gasteiger charge is -2.14. The molecule has 0 bridgehead atoms. The standard InChI is InChI=1S/C15H17ClN2/c1-3-17-14-10-5-4-6-13(10)18-15-11(14)7-9(2)8-12(15)16/h7-8H,3-6H2,1-2H3,(H,17,18). The first-order valence-corrected chi connectivity index (χ1v) is 6.94. The predicted molar refractivity (Wildman–Crippen MR) is 77.7 cm³/mol. The van der Waals surface area contributed by atoms with Crippen LogP contribution in [0.15, 0.2) is 12.1 Å². The summed E-state index contributed by atoms with van der Waals surface area (Å²) in [5.41, 5.74) is 6.00. The van der Waals surface area contributed by atoms with E-state index in [1.54, 1.807) is 0 Å². The van der Waals surface area contributed by atoms with Crippen LogP contribution < -0.4 is 5.32 Å². The summed E-state index contributed by atoms with van der Waals surface area (Å²) in [7, 11) is 0. The highest BCUT2D eigenvalue weighted by molar-refractivity contribution is 6.35. The molecule has 18 heavy (non-hydrogen) atoms. The lowest BCUT2D eigenvalue weighted by Crippen LogP contribution is -2.04. The number of aromatic nitrogens is 1. The number of aryl methyl sites for hydroxylation is 2. The molecule has 3 heteroatoms. The molecule has 0 atom stereocenters. The minimum absolute atomic E-state index is 0.763. The molecule has 0 fully saturated rings. The molecule has 1 N–H and O–H groups in total. The van der Waals surface area contributed by atoms with Gasteiger partial charge in [0.05, 0.1) is 10.5 Å². The smallest absolute Gasteiger partial charge is 0.0912 e. The fourth-order valence-electron chi connectivity index (χ4n) is 2.84. The van der Waals surface area contributed by atoms with E-state index in [0.717, 1.165) is 29.9 Å². The molecule has 0 aliphatic heterocycles. The average Bonchev–Trinajstić information content (AvgIpc) is 2.78. The van der Waals surface area contributed by atoms with Gasteiger partial charge in [0.15, 0.2) is 0 Å². The number of anilines is 1. The molecule has 3 rings (SSSR count). The maximum Gasteiger partial charge on any atom is 0.0912 e. The number of fused-ring (bicyclic) bond motifs is 2. The molecular formula is C15H17ClN2. The molecule has 1 heterocycles. The van der Waals surface area contributed by atoms with E-state index >= 15 is 0 Å². The van der Waals surface area contributed by atoms with Crippen molar-refractivity contribution in [3.8, 4) is 0 Å². The Labute approximate surface area is 112 Å². The van der Waals surface area contributed by atoms with Gasteiger partial charge in [-0.15, -0.1) is 0 Å². The fourth-order valence-corrected chi connectivity index (χ4v) is 3.15. The van der Waals surface area contributed by atoms with E-state index in [1.807, 2.05) is 6.07 Å². The van der Waals surface area contributed by atoms with Crippen molar-refractivity contribution in [2.24, 2.45) is 0 Å². The number of rotatable bonds is 2. The Balaban J connectivity index is 2.38. The molecular weight excluding hydrogens is 244 g/mol. The van der Waals surface area contributed by atoms with Gasteiger partial charge in [-0.1, -0.05) is 11.6 Å². The minimum atomic E-state index is 0.763. The molecule has 0 saturated carbocycles. The van der Waals surface area contributed by atoms with Crippen LogP contribution in [0.2, 0.25) is 5.02 Å².